The molecule has 0 unspecified atom stereocenters. The number of carbonyl (C=O) groups is 1. The third-order valence-electron chi connectivity index (χ3n) is 3.71. The van der Waals surface area contributed by atoms with E-state index in [1.54, 1.807) is 25.3 Å². The molecular formula is C20H20ClN3O3. The number of hydrogen-bond donors (Lipinski definition) is 2. The molecule has 0 saturated heterocycles. The lowest BCUT2D eigenvalue weighted by atomic mass is 10.1. The molecule has 0 aromatic heterocycles. The number of halogens is 1. The molecule has 140 valence electrons. The first kappa shape index (κ1) is 20.1. The van der Waals surface area contributed by atoms with Gasteiger partial charge < -0.3 is 20.1 Å². The predicted octanol–water partition coefficient (Wildman–Crippen LogP) is 3.54. The molecule has 2 rings (SSSR count). The number of benzene rings is 2. The van der Waals surface area contributed by atoms with Crippen LogP contribution >= 0.6 is 11.6 Å². The summed E-state index contributed by atoms with van der Waals surface area (Å²) in [5, 5.41) is 15.2. The average Bonchev–Trinajstić information content (AvgIpc) is 2.68. The molecule has 2 aromatic carbocycles. The molecular weight excluding hydrogens is 366 g/mol. The van der Waals surface area contributed by atoms with Gasteiger partial charge in [-0.2, -0.15) is 5.26 Å². The Balaban J connectivity index is 1.91. The standard InChI is InChI=1S/C20H20ClN3O3/c1-26-17-5-3-4-14(10-17)8-9-23-13-15(12-22)20(25)24-16-6-7-19(27-2)18(21)11-16/h3-7,10-11,13,23H,8-9H2,1-2H3,(H,24,25)/b15-13-. The van der Waals surface area contributed by atoms with Crippen molar-refractivity contribution in [2.75, 3.05) is 26.1 Å². The lowest BCUT2D eigenvalue weighted by Gasteiger charge is -2.08. The highest BCUT2D eigenvalue weighted by atomic mass is 35.5. The number of nitrogens with zero attached hydrogens (tertiary/aromatic N) is 1. The highest BCUT2D eigenvalue weighted by molar-refractivity contribution is 6.32. The maximum Gasteiger partial charge on any atom is 0.267 e. The zero-order chi connectivity index (χ0) is 19.6. The van der Waals surface area contributed by atoms with Crippen molar-refractivity contribution in [2.45, 2.75) is 6.42 Å². The fraction of sp³-hybridized carbons (Fsp3) is 0.200. The molecule has 0 aliphatic carbocycles. The SMILES string of the molecule is COc1cccc(CCN/C=C(/C#N)C(=O)Nc2ccc(OC)c(Cl)c2)c1. The van der Waals surface area contributed by atoms with Crippen LogP contribution < -0.4 is 20.1 Å². The Bertz CT molecular complexity index is 875. The second kappa shape index (κ2) is 10.1. The molecule has 0 radical (unpaired) electrons. The number of nitriles is 1. The van der Waals surface area contributed by atoms with E-state index in [0.29, 0.717) is 23.0 Å². The van der Waals surface area contributed by atoms with Crippen LogP contribution in [0.1, 0.15) is 5.56 Å². The van der Waals surface area contributed by atoms with E-state index in [1.165, 1.54) is 13.3 Å². The molecule has 7 heteroatoms. The number of methoxy groups -OCH3 is 2. The summed E-state index contributed by atoms with van der Waals surface area (Å²) >= 11 is 6.03. The fourth-order valence-corrected chi connectivity index (χ4v) is 2.57. The van der Waals surface area contributed by atoms with E-state index in [4.69, 9.17) is 21.1 Å². The number of hydrogen-bond acceptors (Lipinski definition) is 5. The second-order valence-corrected chi connectivity index (χ2v) is 5.94. The van der Waals surface area contributed by atoms with E-state index < -0.39 is 5.91 Å². The van der Waals surface area contributed by atoms with Gasteiger partial charge in [0, 0.05) is 18.4 Å². The zero-order valence-electron chi connectivity index (χ0n) is 15.1. The first-order valence-corrected chi connectivity index (χ1v) is 8.56. The molecule has 1 amide bonds. The first-order valence-electron chi connectivity index (χ1n) is 8.19. The highest BCUT2D eigenvalue weighted by Crippen LogP contribution is 2.27. The van der Waals surface area contributed by atoms with Crippen LogP contribution in [0.2, 0.25) is 5.02 Å². The minimum Gasteiger partial charge on any atom is -0.497 e. The number of ether oxygens (including phenoxy) is 2. The van der Waals surface area contributed by atoms with Gasteiger partial charge in [0.05, 0.1) is 19.2 Å². The van der Waals surface area contributed by atoms with Gasteiger partial charge in [-0.05, 0) is 42.3 Å². The highest BCUT2D eigenvalue weighted by Gasteiger charge is 2.10. The van der Waals surface area contributed by atoms with Crippen LogP contribution in [-0.4, -0.2) is 26.7 Å². The molecule has 0 saturated carbocycles. The molecule has 2 N–H and O–H groups in total. The third kappa shape index (κ3) is 5.94. The lowest BCUT2D eigenvalue weighted by Crippen LogP contribution is -2.18. The maximum absolute atomic E-state index is 12.2. The number of anilines is 1. The van der Waals surface area contributed by atoms with Gasteiger partial charge in [0.2, 0.25) is 0 Å². The van der Waals surface area contributed by atoms with Crippen LogP contribution in [0, 0.1) is 11.3 Å². The van der Waals surface area contributed by atoms with Gasteiger partial charge >= 0.3 is 0 Å². The Morgan fingerprint density at radius 2 is 2.04 bits per heavy atom. The van der Waals surface area contributed by atoms with E-state index in [0.717, 1.165) is 17.7 Å². The minimum absolute atomic E-state index is 0.0346. The number of nitrogens with one attached hydrogen (secondary N) is 2. The van der Waals surface area contributed by atoms with Gasteiger partial charge in [0.25, 0.3) is 5.91 Å². The minimum atomic E-state index is -0.521. The average molecular weight is 386 g/mol. The summed E-state index contributed by atoms with van der Waals surface area (Å²) in [5.41, 5.74) is 1.53. The predicted molar refractivity (Wildman–Crippen MR) is 105 cm³/mol. The topological polar surface area (TPSA) is 83.4 Å². The van der Waals surface area contributed by atoms with Crippen molar-refractivity contribution in [3.63, 3.8) is 0 Å². The molecule has 0 spiro atoms. The molecule has 27 heavy (non-hydrogen) atoms. The Kier molecular flexibility index (Phi) is 7.53. The van der Waals surface area contributed by atoms with E-state index in [2.05, 4.69) is 10.6 Å². The smallest absolute Gasteiger partial charge is 0.267 e. The molecule has 6 nitrogen and oxygen atoms in total. The molecule has 0 fully saturated rings. The summed E-state index contributed by atoms with van der Waals surface area (Å²) in [6.45, 7) is 0.569. The van der Waals surface area contributed by atoms with E-state index in [1.807, 2.05) is 30.3 Å². The number of amides is 1. The van der Waals surface area contributed by atoms with Crippen molar-refractivity contribution in [1.82, 2.24) is 5.32 Å². The summed E-state index contributed by atoms with van der Waals surface area (Å²) in [6, 6.07) is 14.4. The zero-order valence-corrected chi connectivity index (χ0v) is 15.8. The normalized spacial score (nSPS) is 10.7. The van der Waals surface area contributed by atoms with Gasteiger partial charge in [-0.15, -0.1) is 0 Å². The van der Waals surface area contributed by atoms with Gasteiger partial charge in [-0.25, -0.2) is 0 Å². The number of carbonyl (C=O) groups excluding carboxylic acids is 1. The summed E-state index contributed by atoms with van der Waals surface area (Å²) in [7, 11) is 3.13. The summed E-state index contributed by atoms with van der Waals surface area (Å²) in [6.07, 6.45) is 2.13. The Morgan fingerprint density at radius 1 is 1.22 bits per heavy atom. The van der Waals surface area contributed by atoms with Crippen LogP contribution in [-0.2, 0) is 11.2 Å². The molecule has 0 atom stereocenters. The second-order valence-electron chi connectivity index (χ2n) is 5.53. The molecule has 0 aliphatic heterocycles. The van der Waals surface area contributed by atoms with Crippen molar-refractivity contribution in [3.8, 4) is 17.6 Å². The summed E-state index contributed by atoms with van der Waals surface area (Å²) in [5.74, 6) is 0.774. The Labute approximate surface area is 163 Å². The van der Waals surface area contributed by atoms with Gasteiger partial charge in [-0.3, -0.25) is 4.79 Å². The van der Waals surface area contributed by atoms with Crippen LogP contribution in [0.25, 0.3) is 0 Å². The first-order chi connectivity index (χ1) is 13.1. The molecule has 0 bridgehead atoms. The quantitative estimate of drug-likeness (QED) is 0.412. The van der Waals surface area contributed by atoms with Crippen molar-refractivity contribution >= 4 is 23.2 Å². The number of rotatable bonds is 8. The van der Waals surface area contributed by atoms with Crippen molar-refractivity contribution in [3.05, 3.63) is 64.8 Å². The van der Waals surface area contributed by atoms with Crippen LogP contribution in [0.3, 0.4) is 0 Å². The summed E-state index contributed by atoms with van der Waals surface area (Å²) < 4.78 is 10.2. The van der Waals surface area contributed by atoms with Crippen LogP contribution in [0.5, 0.6) is 11.5 Å². The van der Waals surface area contributed by atoms with Crippen molar-refractivity contribution in [1.29, 1.82) is 5.26 Å². The largest absolute Gasteiger partial charge is 0.497 e. The van der Waals surface area contributed by atoms with Crippen molar-refractivity contribution < 1.29 is 14.3 Å². The molecule has 0 heterocycles. The van der Waals surface area contributed by atoms with E-state index in [9.17, 15) is 10.1 Å². The van der Waals surface area contributed by atoms with Gasteiger partial charge in [-0.1, -0.05) is 23.7 Å². The molecule has 2 aromatic rings. The lowest BCUT2D eigenvalue weighted by molar-refractivity contribution is -0.112. The van der Waals surface area contributed by atoms with Crippen LogP contribution in [0.15, 0.2) is 54.2 Å². The Hall–Kier alpha value is -3.17. The third-order valence-corrected chi connectivity index (χ3v) is 4.01. The van der Waals surface area contributed by atoms with E-state index >= 15 is 0 Å². The van der Waals surface area contributed by atoms with Gasteiger partial charge in [0.1, 0.15) is 23.1 Å². The maximum atomic E-state index is 12.2. The van der Waals surface area contributed by atoms with Gasteiger partial charge in [0.15, 0.2) is 0 Å². The Morgan fingerprint density at radius 3 is 2.70 bits per heavy atom. The fourth-order valence-electron chi connectivity index (χ4n) is 2.31. The summed E-state index contributed by atoms with van der Waals surface area (Å²) in [4.78, 5) is 12.2. The monoisotopic (exact) mass is 385 g/mol. The van der Waals surface area contributed by atoms with Crippen molar-refractivity contribution in [2.24, 2.45) is 0 Å². The van der Waals surface area contributed by atoms with E-state index in [-0.39, 0.29) is 5.57 Å². The van der Waals surface area contributed by atoms with Crippen LogP contribution in [0.4, 0.5) is 5.69 Å². The molecule has 0 aliphatic rings.